The second-order valence-electron chi connectivity index (χ2n) is 5.15. The lowest BCUT2D eigenvalue weighted by molar-refractivity contribution is 0.103. The van der Waals surface area contributed by atoms with Crippen LogP contribution in [0.1, 0.15) is 15.9 Å². The Labute approximate surface area is 135 Å². The van der Waals surface area contributed by atoms with Crippen LogP contribution in [0.25, 0.3) is 21.9 Å². The van der Waals surface area contributed by atoms with E-state index in [-0.39, 0.29) is 5.78 Å². The Morgan fingerprint density at radius 2 is 1.45 bits per heavy atom. The van der Waals surface area contributed by atoms with Crippen molar-refractivity contribution in [3.63, 3.8) is 0 Å². The molecule has 0 saturated carbocycles. The Balaban J connectivity index is 1.83. The minimum absolute atomic E-state index is 0.00476. The van der Waals surface area contributed by atoms with Gasteiger partial charge >= 0.3 is 0 Å². The van der Waals surface area contributed by atoms with Crippen LogP contribution in [-0.2, 0) is 0 Å². The van der Waals surface area contributed by atoms with Gasteiger partial charge in [-0.1, -0.05) is 40.2 Å². The Morgan fingerprint density at radius 3 is 2.27 bits per heavy atom. The molecular weight excluding hydrogens is 340 g/mol. The number of benzene rings is 3. The Bertz CT molecular complexity index is 997. The van der Waals surface area contributed by atoms with E-state index in [4.69, 9.17) is 4.42 Å². The number of halogens is 1. The van der Waals surface area contributed by atoms with Gasteiger partial charge in [-0.25, -0.2) is 0 Å². The molecule has 0 aliphatic heterocycles. The number of para-hydroxylation sites is 1. The van der Waals surface area contributed by atoms with Crippen LogP contribution in [-0.4, -0.2) is 5.78 Å². The van der Waals surface area contributed by atoms with Crippen molar-refractivity contribution in [1.29, 1.82) is 0 Å². The van der Waals surface area contributed by atoms with Gasteiger partial charge in [0.2, 0.25) is 0 Å². The van der Waals surface area contributed by atoms with Crippen LogP contribution in [0.3, 0.4) is 0 Å². The predicted octanol–water partition coefficient (Wildman–Crippen LogP) is 5.58. The molecule has 1 heterocycles. The molecule has 3 aromatic carbocycles. The topological polar surface area (TPSA) is 30.2 Å². The zero-order valence-electron chi connectivity index (χ0n) is 11.5. The van der Waals surface area contributed by atoms with E-state index >= 15 is 0 Å². The molecule has 0 unspecified atom stereocenters. The lowest BCUT2D eigenvalue weighted by Gasteiger charge is -2.01. The molecule has 0 saturated heterocycles. The molecule has 0 atom stereocenters. The molecule has 0 spiro atoms. The van der Waals surface area contributed by atoms with Gasteiger partial charge < -0.3 is 4.42 Å². The van der Waals surface area contributed by atoms with E-state index in [1.807, 2.05) is 66.7 Å². The summed E-state index contributed by atoms with van der Waals surface area (Å²) in [5.41, 5.74) is 2.88. The second-order valence-corrected chi connectivity index (χ2v) is 6.06. The van der Waals surface area contributed by atoms with Crippen molar-refractivity contribution in [3.8, 4) is 0 Å². The predicted molar refractivity (Wildman–Crippen MR) is 91.3 cm³/mol. The van der Waals surface area contributed by atoms with Gasteiger partial charge in [-0.15, -0.1) is 0 Å². The summed E-state index contributed by atoms with van der Waals surface area (Å²) in [6.07, 6.45) is 0. The van der Waals surface area contributed by atoms with Gasteiger partial charge in [-0.2, -0.15) is 0 Å². The standard InChI is InChI=1S/C19H11BrO2/c20-14-8-5-12(6-9-14)19(21)13-7-10-16-15-3-1-2-4-17(15)22-18(16)11-13/h1-11H. The fourth-order valence-electron chi connectivity index (χ4n) is 2.64. The number of carbonyl (C=O) groups is 1. The average molecular weight is 351 g/mol. The smallest absolute Gasteiger partial charge is 0.193 e. The third-order valence-electron chi connectivity index (χ3n) is 3.75. The van der Waals surface area contributed by atoms with E-state index in [1.165, 1.54) is 0 Å². The van der Waals surface area contributed by atoms with Gasteiger partial charge in [0.05, 0.1) is 0 Å². The minimum atomic E-state index is -0.00476. The number of rotatable bonds is 2. The first kappa shape index (κ1) is 13.3. The van der Waals surface area contributed by atoms with Crippen molar-refractivity contribution in [2.24, 2.45) is 0 Å². The van der Waals surface area contributed by atoms with Crippen molar-refractivity contribution in [2.75, 3.05) is 0 Å². The Morgan fingerprint density at radius 1 is 0.773 bits per heavy atom. The van der Waals surface area contributed by atoms with Crippen LogP contribution >= 0.6 is 15.9 Å². The summed E-state index contributed by atoms with van der Waals surface area (Å²) in [6.45, 7) is 0. The largest absolute Gasteiger partial charge is 0.456 e. The van der Waals surface area contributed by atoms with Gasteiger partial charge in [0, 0.05) is 26.4 Å². The zero-order chi connectivity index (χ0) is 15.1. The molecule has 0 amide bonds. The molecule has 4 rings (SSSR count). The summed E-state index contributed by atoms with van der Waals surface area (Å²) in [5.74, 6) is -0.00476. The highest BCUT2D eigenvalue weighted by Crippen LogP contribution is 2.29. The van der Waals surface area contributed by atoms with Crippen LogP contribution in [0.4, 0.5) is 0 Å². The first-order valence-corrected chi connectivity index (χ1v) is 7.73. The van der Waals surface area contributed by atoms with E-state index < -0.39 is 0 Å². The van der Waals surface area contributed by atoms with Crippen LogP contribution < -0.4 is 0 Å². The molecule has 0 fully saturated rings. The number of hydrogen-bond acceptors (Lipinski definition) is 2. The van der Waals surface area contributed by atoms with Gasteiger partial charge in [0.15, 0.2) is 5.78 Å². The molecule has 0 aliphatic rings. The molecular formula is C19H11BrO2. The Hall–Kier alpha value is -2.39. The van der Waals surface area contributed by atoms with Gasteiger partial charge in [0.25, 0.3) is 0 Å². The highest BCUT2D eigenvalue weighted by molar-refractivity contribution is 9.10. The number of fused-ring (bicyclic) bond motifs is 3. The van der Waals surface area contributed by atoms with Crippen LogP contribution in [0.5, 0.6) is 0 Å². The molecule has 0 N–H and O–H groups in total. The lowest BCUT2D eigenvalue weighted by Crippen LogP contribution is -2.00. The van der Waals surface area contributed by atoms with E-state index in [2.05, 4.69) is 15.9 Å². The molecule has 22 heavy (non-hydrogen) atoms. The summed E-state index contributed by atoms with van der Waals surface area (Å²) < 4.78 is 6.79. The number of carbonyl (C=O) groups excluding carboxylic acids is 1. The molecule has 4 aromatic rings. The van der Waals surface area contributed by atoms with Crippen molar-refractivity contribution in [2.45, 2.75) is 0 Å². The number of hydrogen-bond donors (Lipinski definition) is 0. The quantitative estimate of drug-likeness (QED) is 0.441. The van der Waals surface area contributed by atoms with Crippen molar-refractivity contribution in [1.82, 2.24) is 0 Å². The molecule has 106 valence electrons. The molecule has 0 bridgehead atoms. The molecule has 2 nitrogen and oxygen atoms in total. The van der Waals surface area contributed by atoms with Gasteiger partial charge in [0.1, 0.15) is 11.2 Å². The highest BCUT2D eigenvalue weighted by Gasteiger charge is 2.12. The molecule has 3 heteroatoms. The number of furan rings is 1. The SMILES string of the molecule is O=C(c1ccc(Br)cc1)c1ccc2c(c1)oc1ccccc12. The summed E-state index contributed by atoms with van der Waals surface area (Å²) in [6, 6.07) is 20.9. The Kier molecular flexibility index (Phi) is 3.09. The maximum atomic E-state index is 12.6. The third kappa shape index (κ3) is 2.14. The van der Waals surface area contributed by atoms with Crippen LogP contribution in [0.15, 0.2) is 75.6 Å². The second kappa shape index (κ2) is 5.11. The van der Waals surface area contributed by atoms with E-state index in [0.29, 0.717) is 11.1 Å². The zero-order valence-corrected chi connectivity index (χ0v) is 13.1. The van der Waals surface area contributed by atoms with Crippen molar-refractivity contribution >= 4 is 43.7 Å². The summed E-state index contributed by atoms with van der Waals surface area (Å²) in [5, 5.41) is 2.10. The molecule has 1 aromatic heterocycles. The van der Waals surface area contributed by atoms with E-state index in [0.717, 1.165) is 26.4 Å². The van der Waals surface area contributed by atoms with Crippen molar-refractivity contribution in [3.05, 3.63) is 82.3 Å². The summed E-state index contributed by atoms with van der Waals surface area (Å²) in [4.78, 5) is 12.6. The highest BCUT2D eigenvalue weighted by atomic mass is 79.9. The third-order valence-corrected chi connectivity index (χ3v) is 4.28. The van der Waals surface area contributed by atoms with Crippen LogP contribution in [0, 0.1) is 0 Å². The maximum Gasteiger partial charge on any atom is 0.193 e. The summed E-state index contributed by atoms with van der Waals surface area (Å²) in [7, 11) is 0. The molecule has 0 radical (unpaired) electrons. The van der Waals surface area contributed by atoms with Gasteiger partial charge in [-0.3, -0.25) is 4.79 Å². The first-order valence-electron chi connectivity index (χ1n) is 6.94. The van der Waals surface area contributed by atoms with Crippen LogP contribution in [0.2, 0.25) is 0 Å². The normalized spacial score (nSPS) is 11.1. The first-order chi connectivity index (χ1) is 10.7. The van der Waals surface area contributed by atoms with E-state index in [1.54, 1.807) is 0 Å². The fourth-order valence-corrected chi connectivity index (χ4v) is 2.90. The van der Waals surface area contributed by atoms with Gasteiger partial charge in [-0.05, 0) is 42.5 Å². The van der Waals surface area contributed by atoms with Crippen molar-refractivity contribution < 1.29 is 9.21 Å². The number of ketones is 1. The lowest BCUT2D eigenvalue weighted by atomic mass is 10.0. The minimum Gasteiger partial charge on any atom is -0.456 e. The monoisotopic (exact) mass is 350 g/mol. The fraction of sp³-hybridized carbons (Fsp3) is 0. The molecule has 0 aliphatic carbocycles. The summed E-state index contributed by atoms with van der Waals surface area (Å²) >= 11 is 3.38. The maximum absolute atomic E-state index is 12.6. The average Bonchev–Trinajstić information content (AvgIpc) is 2.92. The van der Waals surface area contributed by atoms with E-state index in [9.17, 15) is 4.79 Å².